The molecule has 12 aromatic rings. The van der Waals surface area contributed by atoms with E-state index in [4.69, 9.17) is 9.97 Å². The van der Waals surface area contributed by atoms with Crippen molar-refractivity contribution in [2.24, 2.45) is 0 Å². The Kier molecular flexibility index (Phi) is 12.1. The van der Waals surface area contributed by atoms with E-state index in [-0.39, 0.29) is 0 Å². The fraction of sp³-hybridized carbons (Fsp3) is 0. The molecule has 338 valence electrons. The zero-order chi connectivity index (χ0) is 48.1. The molecule has 2 aromatic heterocycles. The van der Waals surface area contributed by atoms with Crippen LogP contribution in [-0.2, 0) is 0 Å². The average molecular weight is 917 g/mol. The van der Waals surface area contributed by atoms with E-state index in [0.29, 0.717) is 0 Å². The van der Waals surface area contributed by atoms with Gasteiger partial charge in [-0.15, -0.1) is 0 Å². The van der Waals surface area contributed by atoms with Gasteiger partial charge in [0.15, 0.2) is 0 Å². The van der Waals surface area contributed by atoms with Crippen LogP contribution >= 0.6 is 0 Å². The van der Waals surface area contributed by atoms with Crippen LogP contribution in [-0.4, -0.2) is 9.97 Å². The highest BCUT2D eigenvalue weighted by Gasteiger charge is 2.15. The number of hydrogen-bond acceptors (Lipinski definition) is 2. The van der Waals surface area contributed by atoms with Crippen LogP contribution < -0.4 is 0 Å². The summed E-state index contributed by atoms with van der Waals surface area (Å²) in [6.45, 7) is 0. The van der Waals surface area contributed by atoms with Crippen LogP contribution in [0.25, 0.3) is 123 Å². The van der Waals surface area contributed by atoms with Gasteiger partial charge in [0.25, 0.3) is 0 Å². The van der Waals surface area contributed by atoms with Crippen molar-refractivity contribution in [2.45, 2.75) is 0 Å². The summed E-state index contributed by atoms with van der Waals surface area (Å²) >= 11 is 0. The van der Waals surface area contributed by atoms with E-state index in [1.165, 1.54) is 22.3 Å². The lowest BCUT2D eigenvalue weighted by Gasteiger charge is -2.15. The number of benzene rings is 10. The lowest BCUT2D eigenvalue weighted by molar-refractivity contribution is 1.32. The summed E-state index contributed by atoms with van der Waals surface area (Å²) in [5.41, 5.74) is 24.2. The van der Waals surface area contributed by atoms with Crippen molar-refractivity contribution in [2.75, 3.05) is 0 Å². The molecule has 0 radical (unpaired) electrons. The Hall–Kier alpha value is -9.50. The molecule has 2 heterocycles. The van der Waals surface area contributed by atoms with Gasteiger partial charge >= 0.3 is 0 Å². The molecule has 0 amide bonds. The van der Waals surface area contributed by atoms with Gasteiger partial charge in [0.2, 0.25) is 0 Å². The predicted molar refractivity (Wildman–Crippen MR) is 302 cm³/mol. The van der Waals surface area contributed by atoms with Crippen LogP contribution in [0.2, 0.25) is 0 Å². The van der Waals surface area contributed by atoms with Crippen LogP contribution in [0.3, 0.4) is 0 Å². The zero-order valence-electron chi connectivity index (χ0n) is 39.6. The summed E-state index contributed by atoms with van der Waals surface area (Å²) in [6.07, 6.45) is 0. The monoisotopic (exact) mass is 916 g/mol. The molecule has 0 aliphatic carbocycles. The van der Waals surface area contributed by atoms with Gasteiger partial charge in [-0.05, 0) is 139 Å². The van der Waals surface area contributed by atoms with Gasteiger partial charge in [0.05, 0.1) is 22.8 Å². The lowest BCUT2D eigenvalue weighted by atomic mass is 9.89. The quantitative estimate of drug-likeness (QED) is 0.129. The Morgan fingerprint density at radius 2 is 0.278 bits per heavy atom. The Morgan fingerprint density at radius 1 is 0.125 bits per heavy atom. The molecule has 0 aliphatic heterocycles. The first-order valence-electron chi connectivity index (χ1n) is 24.5. The maximum atomic E-state index is 5.24. The third-order valence-electron chi connectivity index (χ3n) is 13.4. The topological polar surface area (TPSA) is 25.8 Å². The second-order valence-corrected chi connectivity index (χ2v) is 18.2. The second-order valence-electron chi connectivity index (χ2n) is 18.2. The highest BCUT2D eigenvalue weighted by atomic mass is 14.7. The van der Waals surface area contributed by atoms with E-state index < -0.39 is 0 Å². The number of hydrogen-bond donors (Lipinski definition) is 0. The normalized spacial score (nSPS) is 11.1. The van der Waals surface area contributed by atoms with Crippen molar-refractivity contribution >= 4 is 0 Å². The SMILES string of the molecule is c1ccc(-c2cc(-c3ccccc3)cc(-c3cc(-c4ccc(-c5cc(-c6ccccc6)nc(-c6ccccc6)c5)cc4)cc(-c4ccc(-c5cc(-c6ccccc6)cc(-c6ccccc6)n5)cc4)c3)c2)cc1. The standard InChI is InChI=1S/C70H48N2/c1-7-19-49(20-8-1)59-39-60(50-21-9-2-10-22-50)42-63(41-59)64-43-61(52-31-33-54(34-32-52)66-47-68(56-27-15-5-16-28-56)71-69(48-66)57-29-17-6-18-30-57)40-62(44-64)53-35-37-58(38-36-53)70-46-65(51-23-11-3-12-24-51)45-67(72-70)55-25-13-4-14-26-55/h1-48H. The second kappa shape index (κ2) is 19.8. The van der Waals surface area contributed by atoms with Crippen LogP contribution in [0.1, 0.15) is 0 Å². The summed E-state index contributed by atoms with van der Waals surface area (Å²) < 4.78 is 0. The Balaban J connectivity index is 0.975. The number of rotatable bonds is 11. The maximum absolute atomic E-state index is 5.24. The van der Waals surface area contributed by atoms with E-state index in [0.717, 1.165) is 101 Å². The third-order valence-corrected chi connectivity index (χ3v) is 13.4. The summed E-state index contributed by atoms with van der Waals surface area (Å²) in [5, 5.41) is 0. The van der Waals surface area contributed by atoms with Crippen molar-refractivity contribution in [3.05, 3.63) is 291 Å². The first-order valence-corrected chi connectivity index (χ1v) is 24.5. The van der Waals surface area contributed by atoms with E-state index in [9.17, 15) is 0 Å². The molecular formula is C70H48N2. The summed E-state index contributed by atoms with van der Waals surface area (Å²) in [5.74, 6) is 0. The molecule has 0 N–H and O–H groups in total. The van der Waals surface area contributed by atoms with Crippen LogP contribution in [0.5, 0.6) is 0 Å². The molecule has 0 spiro atoms. The molecule has 2 nitrogen and oxygen atoms in total. The lowest BCUT2D eigenvalue weighted by Crippen LogP contribution is -1.92. The molecular weight excluding hydrogens is 869 g/mol. The molecule has 12 rings (SSSR count). The van der Waals surface area contributed by atoms with E-state index >= 15 is 0 Å². The van der Waals surface area contributed by atoms with Gasteiger partial charge < -0.3 is 0 Å². The molecule has 0 fully saturated rings. The molecule has 10 aromatic carbocycles. The minimum absolute atomic E-state index is 0.934. The van der Waals surface area contributed by atoms with Gasteiger partial charge in [-0.2, -0.15) is 0 Å². The predicted octanol–water partition coefficient (Wildman–Crippen LogP) is 18.8. The molecule has 0 bridgehead atoms. The van der Waals surface area contributed by atoms with Crippen molar-refractivity contribution in [3.63, 3.8) is 0 Å². The Labute approximate surface area is 421 Å². The number of aromatic nitrogens is 2. The van der Waals surface area contributed by atoms with Gasteiger partial charge in [-0.1, -0.05) is 231 Å². The number of nitrogens with zero attached hydrogens (tertiary/aromatic N) is 2. The fourth-order valence-corrected chi connectivity index (χ4v) is 9.65. The van der Waals surface area contributed by atoms with Crippen molar-refractivity contribution < 1.29 is 0 Å². The molecule has 0 atom stereocenters. The fourth-order valence-electron chi connectivity index (χ4n) is 9.65. The number of pyridine rings is 2. The van der Waals surface area contributed by atoms with Gasteiger partial charge in [0.1, 0.15) is 0 Å². The van der Waals surface area contributed by atoms with Crippen LogP contribution in [0, 0.1) is 0 Å². The molecule has 0 aliphatic rings. The molecule has 0 unspecified atom stereocenters. The minimum Gasteiger partial charge on any atom is -0.248 e. The van der Waals surface area contributed by atoms with Gasteiger partial charge in [-0.3, -0.25) is 0 Å². The summed E-state index contributed by atoms with van der Waals surface area (Å²) in [6, 6.07) is 104. The average Bonchev–Trinajstić information content (AvgIpc) is 3.48. The zero-order valence-corrected chi connectivity index (χ0v) is 39.6. The van der Waals surface area contributed by atoms with Crippen molar-refractivity contribution in [1.29, 1.82) is 0 Å². The van der Waals surface area contributed by atoms with E-state index in [1.807, 2.05) is 18.2 Å². The maximum Gasteiger partial charge on any atom is 0.0715 e. The Morgan fingerprint density at radius 3 is 0.514 bits per heavy atom. The molecule has 72 heavy (non-hydrogen) atoms. The van der Waals surface area contributed by atoms with Gasteiger partial charge in [-0.25, -0.2) is 9.97 Å². The van der Waals surface area contributed by atoms with Crippen LogP contribution in [0.15, 0.2) is 291 Å². The van der Waals surface area contributed by atoms with Gasteiger partial charge in [0, 0.05) is 22.3 Å². The van der Waals surface area contributed by atoms with E-state index in [1.54, 1.807) is 0 Å². The summed E-state index contributed by atoms with van der Waals surface area (Å²) in [7, 11) is 0. The highest BCUT2D eigenvalue weighted by molar-refractivity contribution is 5.88. The smallest absolute Gasteiger partial charge is 0.0715 e. The minimum atomic E-state index is 0.934. The van der Waals surface area contributed by atoms with Crippen molar-refractivity contribution in [3.8, 4) is 123 Å². The highest BCUT2D eigenvalue weighted by Crippen LogP contribution is 2.39. The van der Waals surface area contributed by atoms with Crippen LogP contribution in [0.4, 0.5) is 0 Å². The Bertz CT molecular complexity index is 3420. The largest absolute Gasteiger partial charge is 0.248 e. The first kappa shape index (κ1) is 43.8. The van der Waals surface area contributed by atoms with E-state index in [2.05, 4.69) is 273 Å². The first-order chi connectivity index (χ1) is 35.6. The molecule has 0 saturated carbocycles. The summed E-state index contributed by atoms with van der Waals surface area (Å²) in [4.78, 5) is 10.4. The third kappa shape index (κ3) is 9.46. The molecule has 2 heteroatoms. The van der Waals surface area contributed by atoms with Crippen molar-refractivity contribution in [1.82, 2.24) is 9.97 Å². The molecule has 0 saturated heterocycles.